The third-order valence-corrected chi connectivity index (χ3v) is 4.18. The summed E-state index contributed by atoms with van der Waals surface area (Å²) < 4.78 is 0. The number of nitrogens with zero attached hydrogens (tertiary/aromatic N) is 3. The SMILES string of the molecule is CN(CC1CCCCC1O)C(=O)c1ccc(N(C)C)nc1. The molecule has 0 saturated heterocycles. The molecule has 1 aromatic heterocycles. The molecule has 0 spiro atoms. The molecule has 1 fully saturated rings. The van der Waals surface area contributed by atoms with Crippen molar-refractivity contribution < 1.29 is 9.90 Å². The van der Waals surface area contributed by atoms with Gasteiger partial charge < -0.3 is 14.9 Å². The third-order valence-electron chi connectivity index (χ3n) is 4.18. The summed E-state index contributed by atoms with van der Waals surface area (Å²) in [5.41, 5.74) is 0.591. The zero-order valence-corrected chi connectivity index (χ0v) is 13.1. The number of aliphatic hydroxyl groups excluding tert-OH is 1. The highest BCUT2D eigenvalue weighted by Crippen LogP contribution is 2.25. The Labute approximate surface area is 126 Å². The minimum atomic E-state index is -0.275. The van der Waals surface area contributed by atoms with Crippen LogP contribution < -0.4 is 4.90 Å². The number of anilines is 1. The van der Waals surface area contributed by atoms with Crippen molar-refractivity contribution in [1.82, 2.24) is 9.88 Å². The van der Waals surface area contributed by atoms with E-state index in [9.17, 15) is 9.90 Å². The molecule has 1 aliphatic carbocycles. The standard InChI is InChI=1S/C16H25N3O2/c1-18(2)15-9-8-12(10-17-15)16(21)19(3)11-13-6-4-5-7-14(13)20/h8-10,13-14,20H,4-7,11H2,1-3H3. The van der Waals surface area contributed by atoms with E-state index in [-0.39, 0.29) is 17.9 Å². The molecule has 21 heavy (non-hydrogen) atoms. The fourth-order valence-corrected chi connectivity index (χ4v) is 2.83. The minimum absolute atomic E-state index is 0.0365. The first kappa shape index (κ1) is 15.8. The lowest BCUT2D eigenvalue weighted by atomic mass is 9.86. The van der Waals surface area contributed by atoms with Crippen LogP contribution in [0.3, 0.4) is 0 Å². The first-order chi connectivity index (χ1) is 9.99. The quantitative estimate of drug-likeness (QED) is 0.918. The maximum Gasteiger partial charge on any atom is 0.255 e. The van der Waals surface area contributed by atoms with E-state index in [1.54, 1.807) is 24.2 Å². The van der Waals surface area contributed by atoms with Crippen molar-refractivity contribution in [2.75, 3.05) is 32.6 Å². The average molecular weight is 291 g/mol. The third kappa shape index (κ3) is 3.94. The van der Waals surface area contributed by atoms with Crippen LogP contribution in [0.25, 0.3) is 0 Å². The van der Waals surface area contributed by atoms with Crippen LogP contribution in [-0.4, -0.2) is 54.7 Å². The van der Waals surface area contributed by atoms with E-state index in [1.165, 1.54) is 0 Å². The number of aromatic nitrogens is 1. The number of carbonyl (C=O) groups excluding carboxylic acids is 1. The second-order valence-corrected chi connectivity index (χ2v) is 6.10. The van der Waals surface area contributed by atoms with Crippen molar-refractivity contribution in [2.24, 2.45) is 5.92 Å². The van der Waals surface area contributed by atoms with E-state index >= 15 is 0 Å². The number of aliphatic hydroxyl groups is 1. The van der Waals surface area contributed by atoms with Gasteiger partial charge in [0.25, 0.3) is 5.91 Å². The molecule has 1 saturated carbocycles. The molecule has 1 amide bonds. The number of carbonyl (C=O) groups is 1. The van der Waals surface area contributed by atoms with E-state index in [4.69, 9.17) is 0 Å². The number of pyridine rings is 1. The molecule has 1 heterocycles. The van der Waals surface area contributed by atoms with E-state index in [0.29, 0.717) is 12.1 Å². The van der Waals surface area contributed by atoms with E-state index in [2.05, 4.69) is 4.98 Å². The zero-order chi connectivity index (χ0) is 15.4. The van der Waals surface area contributed by atoms with Gasteiger partial charge in [0.05, 0.1) is 11.7 Å². The van der Waals surface area contributed by atoms with E-state index in [0.717, 1.165) is 31.5 Å². The average Bonchev–Trinajstić information content (AvgIpc) is 2.49. The highest BCUT2D eigenvalue weighted by atomic mass is 16.3. The zero-order valence-electron chi connectivity index (χ0n) is 13.1. The maximum atomic E-state index is 12.4. The van der Waals surface area contributed by atoms with Gasteiger partial charge in [-0.25, -0.2) is 4.98 Å². The van der Waals surface area contributed by atoms with Crippen LogP contribution in [0, 0.1) is 5.92 Å². The van der Waals surface area contributed by atoms with Crippen molar-refractivity contribution in [3.05, 3.63) is 23.9 Å². The Kier molecular flexibility index (Phi) is 5.17. The normalized spacial score (nSPS) is 21.9. The first-order valence-electron chi connectivity index (χ1n) is 7.56. The lowest BCUT2D eigenvalue weighted by molar-refractivity contribution is 0.0451. The smallest absolute Gasteiger partial charge is 0.255 e. The molecule has 2 rings (SSSR count). The summed E-state index contributed by atoms with van der Waals surface area (Å²) in [7, 11) is 5.63. The van der Waals surface area contributed by atoms with Crippen molar-refractivity contribution in [2.45, 2.75) is 31.8 Å². The van der Waals surface area contributed by atoms with Gasteiger partial charge in [-0.2, -0.15) is 0 Å². The summed E-state index contributed by atoms with van der Waals surface area (Å²) in [5, 5.41) is 10.0. The molecule has 5 nitrogen and oxygen atoms in total. The molecule has 0 radical (unpaired) electrons. The Morgan fingerprint density at radius 2 is 2.00 bits per heavy atom. The van der Waals surface area contributed by atoms with Crippen molar-refractivity contribution in [3.8, 4) is 0 Å². The van der Waals surface area contributed by atoms with Gasteiger partial charge in [-0.15, -0.1) is 0 Å². The van der Waals surface area contributed by atoms with Crippen molar-refractivity contribution in [1.29, 1.82) is 0 Å². The second kappa shape index (κ2) is 6.89. The molecule has 0 bridgehead atoms. The molecule has 0 aliphatic heterocycles. The fraction of sp³-hybridized carbons (Fsp3) is 0.625. The molecular formula is C16H25N3O2. The Morgan fingerprint density at radius 3 is 2.57 bits per heavy atom. The fourth-order valence-electron chi connectivity index (χ4n) is 2.83. The van der Waals surface area contributed by atoms with Crippen LogP contribution in [-0.2, 0) is 0 Å². The lowest BCUT2D eigenvalue weighted by Gasteiger charge is -2.31. The summed E-state index contributed by atoms with van der Waals surface area (Å²) in [5.74, 6) is 0.990. The summed E-state index contributed by atoms with van der Waals surface area (Å²) in [4.78, 5) is 20.3. The number of hydrogen-bond donors (Lipinski definition) is 1. The monoisotopic (exact) mass is 291 g/mol. The molecule has 116 valence electrons. The molecule has 5 heteroatoms. The van der Waals surface area contributed by atoms with Gasteiger partial charge >= 0.3 is 0 Å². The second-order valence-electron chi connectivity index (χ2n) is 6.10. The summed E-state index contributed by atoms with van der Waals surface area (Å²) in [6.45, 7) is 0.607. The van der Waals surface area contributed by atoms with Gasteiger partial charge in [-0.05, 0) is 25.0 Å². The Morgan fingerprint density at radius 1 is 1.29 bits per heavy atom. The highest BCUT2D eigenvalue weighted by Gasteiger charge is 2.26. The van der Waals surface area contributed by atoms with Gasteiger partial charge in [-0.3, -0.25) is 4.79 Å². The molecule has 1 aromatic rings. The predicted octanol–water partition coefficient (Wildman–Crippen LogP) is 1.77. The van der Waals surface area contributed by atoms with Crippen molar-refractivity contribution in [3.63, 3.8) is 0 Å². The van der Waals surface area contributed by atoms with Crippen LogP contribution in [0.15, 0.2) is 18.3 Å². The largest absolute Gasteiger partial charge is 0.393 e. The van der Waals surface area contributed by atoms with Crippen LogP contribution in [0.5, 0.6) is 0 Å². The Bertz CT molecular complexity index is 473. The first-order valence-corrected chi connectivity index (χ1v) is 7.56. The van der Waals surface area contributed by atoms with Gasteiger partial charge in [-0.1, -0.05) is 12.8 Å². The molecule has 2 atom stereocenters. The summed E-state index contributed by atoms with van der Waals surface area (Å²) in [6.07, 6.45) is 5.42. The van der Waals surface area contributed by atoms with Gasteiger partial charge in [0.15, 0.2) is 0 Å². The number of hydrogen-bond acceptors (Lipinski definition) is 4. The topological polar surface area (TPSA) is 56.7 Å². The number of rotatable bonds is 4. The number of amides is 1. The summed E-state index contributed by atoms with van der Waals surface area (Å²) in [6, 6.07) is 3.65. The highest BCUT2D eigenvalue weighted by molar-refractivity contribution is 5.93. The molecule has 1 aliphatic rings. The maximum absolute atomic E-state index is 12.4. The predicted molar refractivity (Wildman–Crippen MR) is 83.5 cm³/mol. The Balaban J connectivity index is 1.98. The lowest BCUT2D eigenvalue weighted by Crippen LogP contribution is -2.38. The van der Waals surface area contributed by atoms with Crippen LogP contribution in [0.1, 0.15) is 36.0 Å². The van der Waals surface area contributed by atoms with Gasteiger partial charge in [0.2, 0.25) is 0 Å². The Hall–Kier alpha value is -1.62. The van der Waals surface area contributed by atoms with Crippen molar-refractivity contribution >= 4 is 11.7 Å². The van der Waals surface area contributed by atoms with Crippen LogP contribution >= 0.6 is 0 Å². The van der Waals surface area contributed by atoms with E-state index in [1.807, 2.05) is 25.1 Å². The molecule has 1 N–H and O–H groups in total. The van der Waals surface area contributed by atoms with Crippen LogP contribution in [0.4, 0.5) is 5.82 Å². The van der Waals surface area contributed by atoms with Crippen LogP contribution in [0.2, 0.25) is 0 Å². The van der Waals surface area contributed by atoms with E-state index < -0.39 is 0 Å². The molecular weight excluding hydrogens is 266 g/mol. The minimum Gasteiger partial charge on any atom is -0.393 e. The summed E-state index contributed by atoms with van der Waals surface area (Å²) >= 11 is 0. The molecule has 2 unspecified atom stereocenters. The van der Waals surface area contributed by atoms with Gasteiger partial charge in [0, 0.05) is 39.8 Å². The van der Waals surface area contributed by atoms with Gasteiger partial charge in [0.1, 0.15) is 5.82 Å². The molecule has 0 aromatic carbocycles.